The number of carbonyl (C=O) groups excluding carboxylic acids is 1. The molecule has 7 nitrogen and oxygen atoms in total. The van der Waals surface area contributed by atoms with Gasteiger partial charge in [0.2, 0.25) is 11.9 Å². The third kappa shape index (κ3) is 5.10. The van der Waals surface area contributed by atoms with Gasteiger partial charge >= 0.3 is 5.97 Å². The van der Waals surface area contributed by atoms with Gasteiger partial charge in [0.25, 0.3) is 0 Å². The highest BCUT2D eigenvalue weighted by Crippen LogP contribution is 2.20. The predicted octanol–water partition coefficient (Wildman–Crippen LogP) is 2.17. The zero-order valence-corrected chi connectivity index (χ0v) is 13.9. The fourth-order valence-electron chi connectivity index (χ4n) is 1.91. The minimum atomic E-state index is -0.285. The van der Waals surface area contributed by atoms with Crippen molar-refractivity contribution in [2.75, 3.05) is 23.9 Å². The number of anilines is 3. The quantitative estimate of drug-likeness (QED) is 0.743. The number of ether oxygens (including phenoxy) is 1. The van der Waals surface area contributed by atoms with Crippen molar-refractivity contribution < 1.29 is 9.53 Å². The summed E-state index contributed by atoms with van der Waals surface area (Å²) in [7, 11) is 1.36. The Bertz CT molecular complexity index is 681. The van der Waals surface area contributed by atoms with E-state index in [2.05, 4.69) is 31.9 Å². The number of hydrogen-bond acceptors (Lipinski definition) is 8. The van der Waals surface area contributed by atoms with Gasteiger partial charge in [-0.15, -0.1) is 11.8 Å². The Labute approximate surface area is 139 Å². The Balaban J connectivity index is 2.09. The number of nitrogens with two attached hydrogens (primary N) is 1. The molecule has 122 valence electrons. The molecule has 2 aromatic rings. The summed E-state index contributed by atoms with van der Waals surface area (Å²) in [6.45, 7) is 2.08. The molecule has 0 amide bonds. The van der Waals surface area contributed by atoms with Gasteiger partial charge in [0.05, 0.1) is 18.6 Å². The van der Waals surface area contributed by atoms with E-state index >= 15 is 0 Å². The number of aryl methyl sites for hydroxylation is 1. The summed E-state index contributed by atoms with van der Waals surface area (Å²) < 4.78 is 4.59. The lowest BCUT2D eigenvalue weighted by molar-refractivity contribution is -0.137. The minimum absolute atomic E-state index is 0.144. The number of carbonyl (C=O) groups is 1. The largest absolute Gasteiger partial charge is 0.468 e. The molecule has 1 heterocycles. The van der Waals surface area contributed by atoms with E-state index in [9.17, 15) is 4.79 Å². The maximum atomic E-state index is 11.1. The van der Waals surface area contributed by atoms with E-state index in [-0.39, 0.29) is 17.7 Å². The zero-order chi connectivity index (χ0) is 16.7. The van der Waals surface area contributed by atoms with Gasteiger partial charge in [-0.1, -0.05) is 25.1 Å². The molecule has 0 atom stereocenters. The second kappa shape index (κ2) is 8.33. The molecule has 0 spiro atoms. The van der Waals surface area contributed by atoms with Crippen LogP contribution >= 0.6 is 11.8 Å². The standard InChI is InChI=1S/C15H19N5O2S/c1-3-10-6-4-5-7-11(10)17-15-19-12(18-14(16)20-15)8-23-9-13(21)22-2/h4-7H,3,8-9H2,1-2H3,(H3,16,17,18,19,20). The van der Waals surface area contributed by atoms with Gasteiger partial charge in [0.15, 0.2) is 0 Å². The topological polar surface area (TPSA) is 103 Å². The minimum Gasteiger partial charge on any atom is -0.468 e. The first-order valence-corrected chi connectivity index (χ1v) is 8.27. The first kappa shape index (κ1) is 17.0. The number of nitrogen functional groups attached to an aromatic ring is 1. The van der Waals surface area contributed by atoms with E-state index in [4.69, 9.17) is 5.73 Å². The number of para-hydroxylation sites is 1. The molecule has 23 heavy (non-hydrogen) atoms. The van der Waals surface area contributed by atoms with Crippen LogP contribution in [-0.4, -0.2) is 33.8 Å². The van der Waals surface area contributed by atoms with Crippen LogP contribution in [0.5, 0.6) is 0 Å². The van der Waals surface area contributed by atoms with Crippen LogP contribution in [0.25, 0.3) is 0 Å². The highest BCUT2D eigenvalue weighted by Gasteiger charge is 2.08. The highest BCUT2D eigenvalue weighted by atomic mass is 32.2. The molecule has 0 aliphatic rings. The Morgan fingerprint density at radius 1 is 1.30 bits per heavy atom. The Morgan fingerprint density at radius 3 is 2.83 bits per heavy atom. The fraction of sp³-hybridized carbons (Fsp3) is 0.333. The van der Waals surface area contributed by atoms with Crippen molar-refractivity contribution in [3.8, 4) is 0 Å². The van der Waals surface area contributed by atoms with Gasteiger partial charge in [0, 0.05) is 5.69 Å². The van der Waals surface area contributed by atoms with E-state index in [1.54, 1.807) is 0 Å². The highest BCUT2D eigenvalue weighted by molar-refractivity contribution is 7.99. The lowest BCUT2D eigenvalue weighted by atomic mass is 10.1. The Morgan fingerprint density at radius 2 is 2.09 bits per heavy atom. The number of rotatable bonds is 7. The van der Waals surface area contributed by atoms with Crippen molar-refractivity contribution in [2.45, 2.75) is 19.1 Å². The molecule has 0 radical (unpaired) electrons. The molecule has 0 aliphatic heterocycles. The van der Waals surface area contributed by atoms with Crippen LogP contribution in [-0.2, 0) is 21.7 Å². The van der Waals surface area contributed by atoms with E-state index in [1.165, 1.54) is 18.9 Å². The zero-order valence-electron chi connectivity index (χ0n) is 13.1. The van der Waals surface area contributed by atoms with Crippen molar-refractivity contribution in [1.29, 1.82) is 0 Å². The molecule has 0 saturated carbocycles. The molecule has 1 aromatic heterocycles. The second-order valence-corrected chi connectivity index (χ2v) is 5.62. The number of esters is 1. The first-order chi connectivity index (χ1) is 11.1. The van der Waals surface area contributed by atoms with Crippen molar-refractivity contribution in [2.24, 2.45) is 0 Å². The van der Waals surface area contributed by atoms with Crippen LogP contribution < -0.4 is 11.1 Å². The molecule has 0 bridgehead atoms. The summed E-state index contributed by atoms with van der Waals surface area (Å²) in [5.74, 6) is 1.46. The van der Waals surface area contributed by atoms with Crippen molar-refractivity contribution in [3.05, 3.63) is 35.7 Å². The third-order valence-corrected chi connectivity index (χ3v) is 3.92. The normalized spacial score (nSPS) is 10.3. The number of benzene rings is 1. The van der Waals surface area contributed by atoms with Gasteiger partial charge in [-0.05, 0) is 18.1 Å². The summed E-state index contributed by atoms with van der Waals surface area (Å²) in [5.41, 5.74) is 7.84. The van der Waals surface area contributed by atoms with E-state index in [0.29, 0.717) is 17.5 Å². The lowest BCUT2D eigenvalue weighted by Crippen LogP contribution is -2.08. The van der Waals surface area contributed by atoms with Crippen LogP contribution in [0, 0.1) is 0 Å². The van der Waals surface area contributed by atoms with Crippen LogP contribution in [0.4, 0.5) is 17.6 Å². The molecule has 2 rings (SSSR count). The number of nitrogens with one attached hydrogen (secondary N) is 1. The second-order valence-electron chi connectivity index (χ2n) is 4.64. The number of nitrogens with zero attached hydrogens (tertiary/aromatic N) is 3. The van der Waals surface area contributed by atoms with Crippen molar-refractivity contribution in [3.63, 3.8) is 0 Å². The lowest BCUT2D eigenvalue weighted by Gasteiger charge is -2.10. The summed E-state index contributed by atoms with van der Waals surface area (Å²) in [4.78, 5) is 23.6. The summed E-state index contributed by atoms with van der Waals surface area (Å²) in [5, 5.41) is 3.17. The maximum Gasteiger partial charge on any atom is 0.315 e. The molecule has 1 aromatic carbocycles. The Kier molecular flexibility index (Phi) is 6.16. The molecule has 0 fully saturated rings. The van der Waals surface area contributed by atoms with Gasteiger partial charge in [0.1, 0.15) is 5.82 Å². The van der Waals surface area contributed by atoms with Gasteiger partial charge in [-0.2, -0.15) is 15.0 Å². The molecule has 8 heteroatoms. The number of hydrogen-bond donors (Lipinski definition) is 2. The number of thioether (sulfide) groups is 1. The van der Waals surface area contributed by atoms with Crippen LogP contribution in [0.1, 0.15) is 18.3 Å². The average molecular weight is 333 g/mol. The molecule has 0 saturated heterocycles. The summed E-state index contributed by atoms with van der Waals surface area (Å²) in [6.07, 6.45) is 0.894. The fourth-order valence-corrected chi connectivity index (χ4v) is 2.61. The average Bonchev–Trinajstić information content (AvgIpc) is 2.54. The SMILES string of the molecule is CCc1ccccc1Nc1nc(N)nc(CSCC(=O)OC)n1. The van der Waals surface area contributed by atoms with Crippen LogP contribution in [0.3, 0.4) is 0 Å². The molecule has 0 aliphatic carbocycles. The van der Waals surface area contributed by atoms with Crippen LogP contribution in [0.15, 0.2) is 24.3 Å². The first-order valence-electron chi connectivity index (χ1n) is 7.12. The van der Waals surface area contributed by atoms with Gasteiger partial charge in [-0.25, -0.2) is 0 Å². The summed E-state index contributed by atoms with van der Waals surface area (Å²) >= 11 is 1.36. The van der Waals surface area contributed by atoms with Crippen LogP contribution in [0.2, 0.25) is 0 Å². The van der Waals surface area contributed by atoms with Gasteiger partial charge in [-0.3, -0.25) is 4.79 Å². The Hall–Kier alpha value is -2.35. The molecular weight excluding hydrogens is 314 g/mol. The van der Waals surface area contributed by atoms with E-state index in [1.807, 2.05) is 24.3 Å². The maximum absolute atomic E-state index is 11.1. The van der Waals surface area contributed by atoms with Gasteiger partial charge < -0.3 is 15.8 Å². The smallest absolute Gasteiger partial charge is 0.315 e. The van der Waals surface area contributed by atoms with Crippen molar-refractivity contribution in [1.82, 2.24) is 15.0 Å². The number of methoxy groups -OCH3 is 1. The molecule has 0 unspecified atom stereocenters. The third-order valence-electron chi connectivity index (χ3n) is 3.02. The number of aromatic nitrogens is 3. The van der Waals surface area contributed by atoms with E-state index in [0.717, 1.165) is 17.7 Å². The molecular formula is C15H19N5O2S. The molecule has 3 N–H and O–H groups in total. The summed E-state index contributed by atoms with van der Waals surface area (Å²) in [6, 6.07) is 7.93. The van der Waals surface area contributed by atoms with E-state index < -0.39 is 0 Å². The monoisotopic (exact) mass is 333 g/mol. The van der Waals surface area contributed by atoms with Crippen molar-refractivity contribution >= 4 is 35.3 Å². The predicted molar refractivity (Wildman–Crippen MR) is 91.5 cm³/mol.